The summed E-state index contributed by atoms with van der Waals surface area (Å²) in [6.45, 7) is 5.90. The second-order valence-electron chi connectivity index (χ2n) is 4.19. The maximum atomic E-state index is 2.39. The van der Waals surface area contributed by atoms with Crippen LogP contribution in [0.5, 0.6) is 0 Å². The van der Waals surface area contributed by atoms with Crippen LogP contribution in [0.2, 0.25) is 0 Å². The number of nitrogens with zero attached hydrogens (tertiary/aromatic N) is 1. The Bertz CT molecular complexity index is 260. The second-order valence-corrected chi connectivity index (χ2v) is 4.19. The molecule has 0 spiro atoms. The fraction of sp³-hybridized carbons (Fsp3) is 0.636. The maximum absolute atomic E-state index is 2.39. The molecule has 1 aromatic heterocycles. The molecule has 66 valence electrons. The summed E-state index contributed by atoms with van der Waals surface area (Å²) in [6.07, 6.45) is 4.84. The van der Waals surface area contributed by atoms with Crippen LogP contribution >= 0.6 is 0 Å². The number of rotatable bonds is 1. The van der Waals surface area contributed by atoms with E-state index in [2.05, 4.69) is 36.7 Å². The van der Waals surface area contributed by atoms with Crippen molar-refractivity contribution >= 4 is 0 Å². The number of aryl methyl sites for hydroxylation is 1. The highest BCUT2D eigenvalue weighted by Crippen LogP contribution is 2.26. The van der Waals surface area contributed by atoms with Gasteiger partial charge in [-0.2, -0.15) is 0 Å². The second kappa shape index (κ2) is 2.96. The summed E-state index contributed by atoms with van der Waals surface area (Å²) in [7, 11) is 0. The van der Waals surface area contributed by atoms with E-state index >= 15 is 0 Å². The van der Waals surface area contributed by atoms with E-state index < -0.39 is 0 Å². The van der Waals surface area contributed by atoms with Crippen LogP contribution in [-0.4, -0.2) is 4.57 Å². The number of fused-ring (bicyclic) bond motifs is 1. The summed E-state index contributed by atoms with van der Waals surface area (Å²) in [5, 5.41) is 0. The molecule has 1 atom stereocenters. The first-order valence-corrected chi connectivity index (χ1v) is 4.91. The zero-order valence-corrected chi connectivity index (χ0v) is 7.96. The van der Waals surface area contributed by atoms with Crippen molar-refractivity contribution in [3.05, 3.63) is 24.0 Å². The fourth-order valence-corrected chi connectivity index (χ4v) is 2.10. The molecule has 1 aliphatic rings. The summed E-state index contributed by atoms with van der Waals surface area (Å²) >= 11 is 0. The van der Waals surface area contributed by atoms with E-state index in [1.807, 2.05) is 0 Å². The molecule has 0 radical (unpaired) electrons. The molecule has 1 heteroatoms. The van der Waals surface area contributed by atoms with Crippen LogP contribution in [0, 0.1) is 11.8 Å². The van der Waals surface area contributed by atoms with E-state index in [-0.39, 0.29) is 0 Å². The van der Waals surface area contributed by atoms with Crippen molar-refractivity contribution < 1.29 is 0 Å². The smallest absolute Gasteiger partial charge is 0.0225 e. The predicted octanol–water partition coefficient (Wildman–Crippen LogP) is 2.71. The van der Waals surface area contributed by atoms with Gasteiger partial charge in [-0.3, -0.25) is 0 Å². The third-order valence-electron chi connectivity index (χ3n) is 3.08. The SMILES string of the molecule is CC(C)C1CCn2cccc2C1. The molecule has 1 aromatic rings. The molecule has 0 bridgehead atoms. The molecule has 0 saturated carbocycles. The molecular weight excluding hydrogens is 146 g/mol. The first kappa shape index (κ1) is 7.90. The molecule has 2 rings (SSSR count). The summed E-state index contributed by atoms with van der Waals surface area (Å²) in [5.41, 5.74) is 1.53. The number of hydrogen-bond acceptors (Lipinski definition) is 0. The van der Waals surface area contributed by atoms with Gasteiger partial charge in [-0.05, 0) is 36.8 Å². The van der Waals surface area contributed by atoms with Crippen LogP contribution in [0.15, 0.2) is 18.3 Å². The Morgan fingerprint density at radius 3 is 3.08 bits per heavy atom. The third kappa shape index (κ3) is 1.28. The van der Waals surface area contributed by atoms with Crippen LogP contribution in [-0.2, 0) is 13.0 Å². The zero-order chi connectivity index (χ0) is 8.55. The molecule has 2 heterocycles. The van der Waals surface area contributed by atoms with Crippen molar-refractivity contribution in [3.8, 4) is 0 Å². The van der Waals surface area contributed by atoms with Gasteiger partial charge in [0.1, 0.15) is 0 Å². The summed E-state index contributed by atoms with van der Waals surface area (Å²) in [5.74, 6) is 1.75. The van der Waals surface area contributed by atoms with Gasteiger partial charge in [0.2, 0.25) is 0 Å². The Hall–Kier alpha value is -0.720. The first-order chi connectivity index (χ1) is 5.77. The molecule has 0 aromatic carbocycles. The quantitative estimate of drug-likeness (QED) is 0.600. The molecule has 12 heavy (non-hydrogen) atoms. The monoisotopic (exact) mass is 163 g/mol. The molecule has 1 unspecified atom stereocenters. The lowest BCUT2D eigenvalue weighted by Crippen LogP contribution is -2.22. The van der Waals surface area contributed by atoms with Crippen LogP contribution in [0.4, 0.5) is 0 Å². The van der Waals surface area contributed by atoms with Crippen molar-refractivity contribution in [2.75, 3.05) is 0 Å². The molecule has 0 saturated heterocycles. The highest BCUT2D eigenvalue weighted by atomic mass is 15.0. The van der Waals surface area contributed by atoms with Crippen molar-refractivity contribution in [2.24, 2.45) is 11.8 Å². The summed E-state index contributed by atoms with van der Waals surface area (Å²) in [6, 6.07) is 4.42. The fourth-order valence-electron chi connectivity index (χ4n) is 2.10. The highest BCUT2D eigenvalue weighted by Gasteiger charge is 2.19. The average Bonchev–Trinajstić information content (AvgIpc) is 2.49. The summed E-state index contributed by atoms with van der Waals surface area (Å²) in [4.78, 5) is 0. The third-order valence-corrected chi connectivity index (χ3v) is 3.08. The van der Waals surface area contributed by atoms with E-state index in [1.165, 1.54) is 25.1 Å². The normalized spacial score (nSPS) is 22.8. The number of aromatic nitrogens is 1. The molecule has 0 amide bonds. The van der Waals surface area contributed by atoms with Gasteiger partial charge in [-0.1, -0.05) is 13.8 Å². The van der Waals surface area contributed by atoms with Crippen LogP contribution < -0.4 is 0 Å². The van der Waals surface area contributed by atoms with Crippen molar-refractivity contribution in [1.82, 2.24) is 4.57 Å². The van der Waals surface area contributed by atoms with Gasteiger partial charge in [0.05, 0.1) is 0 Å². The summed E-state index contributed by atoms with van der Waals surface area (Å²) < 4.78 is 2.39. The van der Waals surface area contributed by atoms with E-state index in [1.54, 1.807) is 0 Å². The maximum Gasteiger partial charge on any atom is 0.0225 e. The molecule has 0 fully saturated rings. The highest BCUT2D eigenvalue weighted by molar-refractivity contribution is 5.10. The zero-order valence-electron chi connectivity index (χ0n) is 7.96. The van der Waals surface area contributed by atoms with E-state index in [9.17, 15) is 0 Å². The Morgan fingerprint density at radius 1 is 1.50 bits per heavy atom. The van der Waals surface area contributed by atoms with Gasteiger partial charge in [-0.15, -0.1) is 0 Å². The van der Waals surface area contributed by atoms with E-state index in [4.69, 9.17) is 0 Å². The van der Waals surface area contributed by atoms with E-state index in [0.29, 0.717) is 0 Å². The van der Waals surface area contributed by atoms with Crippen molar-refractivity contribution in [1.29, 1.82) is 0 Å². The molecule has 1 aliphatic heterocycles. The lowest BCUT2D eigenvalue weighted by Gasteiger charge is -2.27. The van der Waals surface area contributed by atoms with Gasteiger partial charge in [0, 0.05) is 18.4 Å². The molecular formula is C11H17N. The Kier molecular flexibility index (Phi) is 1.95. The standard InChI is InChI=1S/C11H17N/c1-9(2)10-5-7-12-6-3-4-11(12)8-10/h3-4,6,9-10H,5,7-8H2,1-2H3. The van der Waals surface area contributed by atoms with Gasteiger partial charge in [0.25, 0.3) is 0 Å². The molecule has 0 N–H and O–H groups in total. The van der Waals surface area contributed by atoms with Crippen LogP contribution in [0.1, 0.15) is 26.0 Å². The van der Waals surface area contributed by atoms with Gasteiger partial charge < -0.3 is 4.57 Å². The Balaban J connectivity index is 2.15. The van der Waals surface area contributed by atoms with Gasteiger partial charge in [-0.25, -0.2) is 0 Å². The Labute approximate surface area is 74.4 Å². The number of hydrogen-bond donors (Lipinski definition) is 0. The lowest BCUT2D eigenvalue weighted by atomic mass is 9.86. The largest absolute Gasteiger partial charge is 0.351 e. The first-order valence-electron chi connectivity index (χ1n) is 4.91. The molecule has 0 aliphatic carbocycles. The molecule has 1 nitrogen and oxygen atoms in total. The van der Waals surface area contributed by atoms with Crippen LogP contribution in [0.25, 0.3) is 0 Å². The average molecular weight is 163 g/mol. The minimum absolute atomic E-state index is 0.841. The van der Waals surface area contributed by atoms with Gasteiger partial charge in [0.15, 0.2) is 0 Å². The van der Waals surface area contributed by atoms with E-state index in [0.717, 1.165) is 11.8 Å². The predicted molar refractivity (Wildman–Crippen MR) is 51.1 cm³/mol. The van der Waals surface area contributed by atoms with Crippen LogP contribution in [0.3, 0.4) is 0 Å². The lowest BCUT2D eigenvalue weighted by molar-refractivity contribution is 0.303. The minimum atomic E-state index is 0.841. The van der Waals surface area contributed by atoms with Crippen molar-refractivity contribution in [2.45, 2.75) is 33.2 Å². The Morgan fingerprint density at radius 2 is 2.33 bits per heavy atom. The van der Waals surface area contributed by atoms with Crippen molar-refractivity contribution in [3.63, 3.8) is 0 Å². The minimum Gasteiger partial charge on any atom is -0.351 e. The van der Waals surface area contributed by atoms with Gasteiger partial charge >= 0.3 is 0 Å². The topological polar surface area (TPSA) is 4.93 Å².